The van der Waals surface area contributed by atoms with Gasteiger partial charge in [0.25, 0.3) is 0 Å². The molecule has 1 aromatic carbocycles. The van der Waals surface area contributed by atoms with Gasteiger partial charge in [0, 0.05) is 12.2 Å². The Kier molecular flexibility index (Phi) is 3.28. The Morgan fingerprint density at radius 2 is 2.08 bits per heavy atom. The molecule has 70 valence electrons. The molecule has 0 fully saturated rings. The predicted octanol–water partition coefficient (Wildman–Crippen LogP) is 0.510. The Bertz CT molecular complexity index is 274. The Morgan fingerprint density at radius 3 is 2.62 bits per heavy atom. The molecule has 0 amide bonds. The predicted molar refractivity (Wildman–Crippen MR) is 50.5 cm³/mol. The minimum Gasteiger partial charge on any atom is -0.480 e. The average molecular weight is 180 g/mol. The molecule has 13 heavy (non-hydrogen) atoms. The van der Waals surface area contributed by atoms with Crippen molar-refractivity contribution < 1.29 is 9.90 Å². The lowest BCUT2D eigenvalue weighted by atomic mass is 10.3. The monoisotopic (exact) mass is 180 g/mol. The van der Waals surface area contributed by atoms with E-state index < -0.39 is 12.0 Å². The van der Waals surface area contributed by atoms with Crippen LogP contribution >= 0.6 is 0 Å². The highest BCUT2D eigenvalue weighted by molar-refractivity contribution is 5.74. The van der Waals surface area contributed by atoms with Crippen molar-refractivity contribution in [3.63, 3.8) is 0 Å². The minimum atomic E-state index is -0.997. The standard InChI is InChI=1S/C9H12N2O2/c10-8(9(12)13)6-11-7-4-2-1-3-5-7/h1-5,8,11H,6,10H2,(H,12,13)/t8-/m0/s1. The summed E-state index contributed by atoms with van der Waals surface area (Å²) in [6.07, 6.45) is 0. The normalized spacial score (nSPS) is 12.1. The van der Waals surface area contributed by atoms with E-state index in [1.54, 1.807) is 0 Å². The smallest absolute Gasteiger partial charge is 0.322 e. The van der Waals surface area contributed by atoms with Gasteiger partial charge in [-0.25, -0.2) is 0 Å². The summed E-state index contributed by atoms with van der Waals surface area (Å²) in [6, 6.07) is 8.48. The Hall–Kier alpha value is -1.55. The summed E-state index contributed by atoms with van der Waals surface area (Å²) >= 11 is 0. The van der Waals surface area contributed by atoms with Crippen LogP contribution in [0.2, 0.25) is 0 Å². The van der Waals surface area contributed by atoms with Crippen LogP contribution < -0.4 is 11.1 Å². The molecule has 0 aromatic heterocycles. The third-order valence-corrected chi connectivity index (χ3v) is 1.62. The highest BCUT2D eigenvalue weighted by Crippen LogP contribution is 2.03. The lowest BCUT2D eigenvalue weighted by molar-refractivity contribution is -0.138. The molecule has 0 saturated carbocycles. The van der Waals surface area contributed by atoms with Crippen molar-refractivity contribution >= 4 is 11.7 Å². The zero-order chi connectivity index (χ0) is 9.68. The number of para-hydroxylation sites is 1. The van der Waals surface area contributed by atoms with Crippen LogP contribution in [0.15, 0.2) is 30.3 Å². The van der Waals surface area contributed by atoms with Gasteiger partial charge in [-0.2, -0.15) is 0 Å². The van der Waals surface area contributed by atoms with E-state index in [0.29, 0.717) is 0 Å². The van der Waals surface area contributed by atoms with Crippen LogP contribution in [0.3, 0.4) is 0 Å². The number of rotatable bonds is 4. The van der Waals surface area contributed by atoms with E-state index in [4.69, 9.17) is 10.8 Å². The number of hydrogen-bond acceptors (Lipinski definition) is 3. The zero-order valence-electron chi connectivity index (χ0n) is 7.10. The Morgan fingerprint density at radius 1 is 1.46 bits per heavy atom. The van der Waals surface area contributed by atoms with Crippen LogP contribution in [-0.4, -0.2) is 23.7 Å². The van der Waals surface area contributed by atoms with Crippen molar-refractivity contribution in [2.45, 2.75) is 6.04 Å². The number of benzene rings is 1. The number of carboxylic acids is 1. The number of aliphatic carboxylic acids is 1. The lowest BCUT2D eigenvalue weighted by Gasteiger charge is -2.08. The van der Waals surface area contributed by atoms with Gasteiger partial charge in [0.1, 0.15) is 6.04 Å². The molecule has 1 atom stereocenters. The molecule has 1 aromatic rings. The summed E-state index contributed by atoms with van der Waals surface area (Å²) < 4.78 is 0. The Labute approximate surface area is 76.4 Å². The van der Waals surface area contributed by atoms with E-state index in [9.17, 15) is 4.79 Å². The van der Waals surface area contributed by atoms with Gasteiger partial charge in [0.2, 0.25) is 0 Å². The molecule has 4 heteroatoms. The van der Waals surface area contributed by atoms with Crippen LogP contribution in [0.25, 0.3) is 0 Å². The maximum atomic E-state index is 10.4. The molecule has 0 unspecified atom stereocenters. The summed E-state index contributed by atoms with van der Waals surface area (Å²) in [5.41, 5.74) is 6.18. The minimum absolute atomic E-state index is 0.235. The van der Waals surface area contributed by atoms with Gasteiger partial charge in [-0.3, -0.25) is 4.79 Å². The summed E-state index contributed by atoms with van der Waals surface area (Å²) in [4.78, 5) is 10.4. The van der Waals surface area contributed by atoms with E-state index in [-0.39, 0.29) is 6.54 Å². The van der Waals surface area contributed by atoms with E-state index in [1.165, 1.54) is 0 Å². The molecule has 0 spiro atoms. The van der Waals surface area contributed by atoms with Gasteiger partial charge in [0.05, 0.1) is 0 Å². The van der Waals surface area contributed by atoms with Crippen molar-refractivity contribution in [2.24, 2.45) is 5.73 Å². The highest BCUT2D eigenvalue weighted by atomic mass is 16.4. The number of carboxylic acid groups (broad SMARTS) is 1. The number of nitrogens with one attached hydrogen (secondary N) is 1. The SMILES string of the molecule is N[C@@H](CNc1ccccc1)C(=O)O. The highest BCUT2D eigenvalue weighted by Gasteiger charge is 2.09. The van der Waals surface area contributed by atoms with Crippen molar-refractivity contribution in [1.82, 2.24) is 0 Å². The van der Waals surface area contributed by atoms with Gasteiger partial charge in [-0.05, 0) is 12.1 Å². The second-order valence-electron chi connectivity index (χ2n) is 2.69. The first-order valence-electron chi connectivity index (χ1n) is 3.97. The third-order valence-electron chi connectivity index (χ3n) is 1.62. The summed E-state index contributed by atoms with van der Waals surface area (Å²) in [6.45, 7) is 0.235. The van der Waals surface area contributed by atoms with Crippen LogP contribution in [0.4, 0.5) is 5.69 Å². The van der Waals surface area contributed by atoms with E-state index in [2.05, 4.69) is 5.32 Å². The fourth-order valence-electron chi connectivity index (χ4n) is 0.871. The van der Waals surface area contributed by atoms with Gasteiger partial charge in [-0.15, -0.1) is 0 Å². The van der Waals surface area contributed by atoms with Crippen molar-refractivity contribution in [3.8, 4) is 0 Å². The molecule has 0 saturated heterocycles. The lowest BCUT2D eigenvalue weighted by Crippen LogP contribution is -2.36. The quantitative estimate of drug-likeness (QED) is 0.631. The van der Waals surface area contributed by atoms with Crippen molar-refractivity contribution in [1.29, 1.82) is 0 Å². The van der Waals surface area contributed by atoms with Gasteiger partial charge in [0.15, 0.2) is 0 Å². The third kappa shape index (κ3) is 3.13. The number of anilines is 1. The van der Waals surface area contributed by atoms with E-state index >= 15 is 0 Å². The van der Waals surface area contributed by atoms with Crippen LogP contribution in [-0.2, 0) is 4.79 Å². The van der Waals surface area contributed by atoms with Crippen LogP contribution in [0, 0.1) is 0 Å². The molecule has 0 aliphatic heterocycles. The van der Waals surface area contributed by atoms with E-state index in [0.717, 1.165) is 5.69 Å². The molecule has 0 aliphatic carbocycles. The molecule has 4 nitrogen and oxygen atoms in total. The number of nitrogens with two attached hydrogens (primary N) is 1. The topological polar surface area (TPSA) is 75.3 Å². The number of carbonyl (C=O) groups is 1. The largest absolute Gasteiger partial charge is 0.480 e. The molecule has 0 aliphatic rings. The maximum Gasteiger partial charge on any atom is 0.322 e. The molecule has 4 N–H and O–H groups in total. The number of hydrogen-bond donors (Lipinski definition) is 3. The van der Waals surface area contributed by atoms with Gasteiger partial charge >= 0.3 is 5.97 Å². The summed E-state index contributed by atoms with van der Waals surface area (Å²) in [7, 11) is 0. The molecule has 0 radical (unpaired) electrons. The molecule has 0 bridgehead atoms. The first kappa shape index (κ1) is 9.54. The first-order chi connectivity index (χ1) is 6.20. The average Bonchev–Trinajstić information content (AvgIpc) is 2.15. The zero-order valence-corrected chi connectivity index (χ0v) is 7.10. The first-order valence-corrected chi connectivity index (χ1v) is 3.97. The van der Waals surface area contributed by atoms with Gasteiger partial charge in [-0.1, -0.05) is 18.2 Å². The molecular weight excluding hydrogens is 168 g/mol. The van der Waals surface area contributed by atoms with Gasteiger partial charge < -0.3 is 16.2 Å². The second-order valence-corrected chi connectivity index (χ2v) is 2.69. The fraction of sp³-hybridized carbons (Fsp3) is 0.222. The Balaban J connectivity index is 2.39. The second kappa shape index (κ2) is 4.47. The van der Waals surface area contributed by atoms with Crippen LogP contribution in [0.1, 0.15) is 0 Å². The van der Waals surface area contributed by atoms with Crippen molar-refractivity contribution in [2.75, 3.05) is 11.9 Å². The fourth-order valence-corrected chi connectivity index (χ4v) is 0.871. The molecular formula is C9H12N2O2. The maximum absolute atomic E-state index is 10.4. The molecule has 0 heterocycles. The summed E-state index contributed by atoms with van der Waals surface area (Å²) in [5, 5.41) is 11.4. The summed E-state index contributed by atoms with van der Waals surface area (Å²) in [5.74, 6) is -0.997. The van der Waals surface area contributed by atoms with Crippen molar-refractivity contribution in [3.05, 3.63) is 30.3 Å². The van der Waals surface area contributed by atoms with Crippen LogP contribution in [0.5, 0.6) is 0 Å². The van der Waals surface area contributed by atoms with E-state index in [1.807, 2.05) is 30.3 Å². The molecule has 1 rings (SSSR count).